The molecule has 0 bridgehead atoms. The number of nitrogens with zero attached hydrogens (tertiary/aromatic N) is 1. The first kappa shape index (κ1) is 13.3. The number of aliphatic carboxylic acids is 1. The van der Waals surface area contributed by atoms with Crippen LogP contribution in [0.4, 0.5) is 0 Å². The van der Waals surface area contributed by atoms with Gasteiger partial charge in [-0.25, -0.2) is 4.79 Å². The van der Waals surface area contributed by atoms with Crippen LogP contribution in [0.25, 0.3) is 0 Å². The number of carboxylic acids is 1. The van der Waals surface area contributed by atoms with Crippen LogP contribution in [0.15, 0.2) is 0 Å². The molecule has 2 heterocycles. The van der Waals surface area contributed by atoms with Crippen molar-refractivity contribution in [1.29, 1.82) is 0 Å². The van der Waals surface area contributed by atoms with E-state index < -0.39 is 29.6 Å². The number of nitrogens with two attached hydrogens (primary N) is 1. The van der Waals surface area contributed by atoms with Crippen LogP contribution in [-0.4, -0.2) is 64.9 Å². The molecule has 7 nitrogen and oxygen atoms in total. The SMILES string of the molecule is CC1(C(=O)N2C[C@H](O)C[C@H]2C(=O)O)COCC1N. The van der Waals surface area contributed by atoms with Crippen molar-refractivity contribution in [3.63, 3.8) is 0 Å². The lowest BCUT2D eigenvalue weighted by Gasteiger charge is -2.32. The maximum Gasteiger partial charge on any atom is 0.326 e. The van der Waals surface area contributed by atoms with Crippen molar-refractivity contribution >= 4 is 11.9 Å². The highest BCUT2D eigenvalue weighted by molar-refractivity contribution is 5.89. The second-order valence-electron chi connectivity index (χ2n) is 5.24. The average molecular weight is 258 g/mol. The summed E-state index contributed by atoms with van der Waals surface area (Å²) >= 11 is 0. The van der Waals surface area contributed by atoms with E-state index in [1.807, 2.05) is 0 Å². The van der Waals surface area contributed by atoms with Crippen molar-refractivity contribution in [1.82, 2.24) is 4.90 Å². The van der Waals surface area contributed by atoms with Gasteiger partial charge in [0.2, 0.25) is 5.91 Å². The van der Waals surface area contributed by atoms with E-state index in [0.29, 0.717) is 0 Å². The van der Waals surface area contributed by atoms with Gasteiger partial charge in [0.05, 0.1) is 24.7 Å². The zero-order valence-corrected chi connectivity index (χ0v) is 10.2. The molecule has 0 aromatic rings. The standard InChI is InChI=1S/C11H18N2O5/c1-11(5-18-4-8(11)12)10(17)13-3-6(14)2-7(13)9(15)16/h6-8,14H,2-5,12H2,1H3,(H,15,16)/t6-,7+,8?,11?/m1/s1. The molecule has 4 atom stereocenters. The van der Waals surface area contributed by atoms with E-state index in [9.17, 15) is 14.7 Å². The van der Waals surface area contributed by atoms with Crippen LogP contribution in [0, 0.1) is 5.41 Å². The molecular weight excluding hydrogens is 240 g/mol. The van der Waals surface area contributed by atoms with Gasteiger partial charge in [0.1, 0.15) is 6.04 Å². The molecule has 0 aromatic heterocycles. The monoisotopic (exact) mass is 258 g/mol. The Labute approximate surface area is 105 Å². The van der Waals surface area contributed by atoms with Gasteiger partial charge in [-0.15, -0.1) is 0 Å². The van der Waals surface area contributed by atoms with Crippen molar-refractivity contribution in [2.24, 2.45) is 11.1 Å². The second kappa shape index (κ2) is 4.49. The summed E-state index contributed by atoms with van der Waals surface area (Å²) in [5, 5.41) is 18.6. The zero-order chi connectivity index (χ0) is 13.5. The van der Waals surface area contributed by atoms with Gasteiger partial charge in [-0.1, -0.05) is 0 Å². The summed E-state index contributed by atoms with van der Waals surface area (Å²) in [6, 6.07) is -1.42. The Bertz CT molecular complexity index is 374. The average Bonchev–Trinajstić information content (AvgIpc) is 2.83. The van der Waals surface area contributed by atoms with Crippen LogP contribution in [0.1, 0.15) is 13.3 Å². The van der Waals surface area contributed by atoms with Gasteiger partial charge in [-0.3, -0.25) is 4.79 Å². The Morgan fingerprint density at radius 2 is 2.17 bits per heavy atom. The molecule has 2 rings (SSSR count). The van der Waals surface area contributed by atoms with Crippen molar-refractivity contribution in [3.05, 3.63) is 0 Å². The largest absolute Gasteiger partial charge is 0.480 e. The summed E-state index contributed by atoms with van der Waals surface area (Å²) in [4.78, 5) is 24.7. The van der Waals surface area contributed by atoms with Gasteiger partial charge in [0.25, 0.3) is 0 Å². The van der Waals surface area contributed by atoms with E-state index in [0.717, 1.165) is 0 Å². The van der Waals surface area contributed by atoms with Crippen molar-refractivity contribution in [3.8, 4) is 0 Å². The number of likely N-dealkylation sites (tertiary alicyclic amines) is 1. The molecule has 4 N–H and O–H groups in total. The fourth-order valence-corrected chi connectivity index (χ4v) is 2.51. The molecule has 0 radical (unpaired) electrons. The number of aliphatic hydroxyl groups is 1. The summed E-state index contributed by atoms with van der Waals surface area (Å²) in [5.41, 5.74) is 4.95. The molecule has 1 amide bonds. The fourth-order valence-electron chi connectivity index (χ4n) is 2.51. The third-order valence-electron chi connectivity index (χ3n) is 3.83. The molecule has 2 aliphatic heterocycles. The summed E-state index contributed by atoms with van der Waals surface area (Å²) in [6.07, 6.45) is -0.732. The Balaban J connectivity index is 2.20. The van der Waals surface area contributed by atoms with Gasteiger partial charge >= 0.3 is 5.97 Å². The molecular formula is C11H18N2O5. The molecule has 0 saturated carbocycles. The van der Waals surface area contributed by atoms with Crippen LogP contribution in [-0.2, 0) is 14.3 Å². The molecule has 2 saturated heterocycles. The lowest BCUT2D eigenvalue weighted by atomic mass is 9.84. The van der Waals surface area contributed by atoms with E-state index in [1.54, 1.807) is 6.92 Å². The minimum atomic E-state index is -1.10. The molecule has 2 aliphatic rings. The van der Waals surface area contributed by atoms with Crippen molar-refractivity contribution in [2.75, 3.05) is 19.8 Å². The van der Waals surface area contributed by atoms with Gasteiger partial charge < -0.3 is 25.6 Å². The molecule has 2 unspecified atom stereocenters. The number of hydrogen-bond donors (Lipinski definition) is 3. The number of carbonyl (C=O) groups is 2. The Kier molecular flexibility index (Phi) is 3.31. The van der Waals surface area contributed by atoms with Crippen molar-refractivity contribution in [2.45, 2.75) is 31.5 Å². The summed E-state index contributed by atoms with van der Waals surface area (Å²) in [5.74, 6) is -1.45. The second-order valence-corrected chi connectivity index (χ2v) is 5.24. The van der Waals surface area contributed by atoms with Crippen LogP contribution in [0.5, 0.6) is 0 Å². The number of carboxylic acid groups (broad SMARTS) is 1. The molecule has 7 heteroatoms. The zero-order valence-electron chi connectivity index (χ0n) is 10.2. The number of carbonyl (C=O) groups excluding carboxylic acids is 1. The molecule has 2 fully saturated rings. The quantitative estimate of drug-likeness (QED) is 0.549. The highest BCUT2D eigenvalue weighted by Gasteiger charge is 2.50. The van der Waals surface area contributed by atoms with Gasteiger partial charge in [-0.2, -0.15) is 0 Å². The third-order valence-corrected chi connectivity index (χ3v) is 3.83. The van der Waals surface area contributed by atoms with Crippen LogP contribution < -0.4 is 5.73 Å². The normalized spacial score (nSPS) is 40.2. The Morgan fingerprint density at radius 1 is 1.50 bits per heavy atom. The highest BCUT2D eigenvalue weighted by atomic mass is 16.5. The smallest absolute Gasteiger partial charge is 0.326 e. The fraction of sp³-hybridized carbons (Fsp3) is 0.818. The van der Waals surface area contributed by atoms with E-state index in [-0.39, 0.29) is 32.1 Å². The predicted octanol–water partition coefficient (Wildman–Crippen LogP) is -1.60. The lowest BCUT2D eigenvalue weighted by molar-refractivity contribution is -0.153. The number of ether oxygens (including phenoxy) is 1. The van der Waals surface area contributed by atoms with Crippen LogP contribution >= 0.6 is 0 Å². The minimum Gasteiger partial charge on any atom is -0.480 e. The van der Waals surface area contributed by atoms with Crippen LogP contribution in [0.2, 0.25) is 0 Å². The number of β-amino-alcohol motifs (C(OH)–C–C–N with tert-alkyl or cyclic N) is 1. The number of aliphatic hydroxyl groups excluding tert-OH is 1. The molecule has 0 aliphatic carbocycles. The predicted molar refractivity (Wildman–Crippen MR) is 60.7 cm³/mol. The molecule has 0 aromatic carbocycles. The van der Waals surface area contributed by atoms with Crippen molar-refractivity contribution < 1.29 is 24.5 Å². The first-order chi connectivity index (χ1) is 8.36. The number of hydrogen-bond acceptors (Lipinski definition) is 5. The van der Waals surface area contributed by atoms with Crippen LogP contribution in [0.3, 0.4) is 0 Å². The molecule has 0 spiro atoms. The van der Waals surface area contributed by atoms with E-state index in [2.05, 4.69) is 0 Å². The minimum absolute atomic E-state index is 0.0398. The summed E-state index contributed by atoms with van der Waals surface area (Å²) in [7, 11) is 0. The molecule has 18 heavy (non-hydrogen) atoms. The highest BCUT2D eigenvalue weighted by Crippen LogP contribution is 2.32. The van der Waals surface area contributed by atoms with E-state index in [1.165, 1.54) is 4.90 Å². The van der Waals surface area contributed by atoms with E-state index >= 15 is 0 Å². The van der Waals surface area contributed by atoms with Gasteiger partial charge in [0.15, 0.2) is 0 Å². The lowest BCUT2D eigenvalue weighted by Crippen LogP contribution is -2.54. The Hall–Kier alpha value is -1.18. The maximum absolute atomic E-state index is 12.4. The first-order valence-electron chi connectivity index (χ1n) is 5.91. The summed E-state index contributed by atoms with van der Waals surface area (Å²) in [6.45, 7) is 2.19. The van der Waals surface area contributed by atoms with Gasteiger partial charge in [-0.05, 0) is 6.92 Å². The van der Waals surface area contributed by atoms with Gasteiger partial charge in [0, 0.05) is 19.0 Å². The van der Waals surface area contributed by atoms with E-state index in [4.69, 9.17) is 15.6 Å². The molecule has 102 valence electrons. The maximum atomic E-state index is 12.4. The third kappa shape index (κ3) is 1.98. The number of amides is 1. The topological polar surface area (TPSA) is 113 Å². The number of rotatable bonds is 2. The summed E-state index contributed by atoms with van der Waals surface area (Å²) < 4.78 is 5.19. The first-order valence-corrected chi connectivity index (χ1v) is 5.91. The Morgan fingerprint density at radius 3 is 2.67 bits per heavy atom.